The van der Waals surface area contributed by atoms with Crippen molar-refractivity contribution < 1.29 is 19.1 Å². The van der Waals surface area contributed by atoms with Crippen molar-refractivity contribution in [2.75, 3.05) is 11.9 Å². The summed E-state index contributed by atoms with van der Waals surface area (Å²) in [5.41, 5.74) is 0.166. The molecule has 1 aromatic rings. The van der Waals surface area contributed by atoms with Gasteiger partial charge in [-0.05, 0) is 30.0 Å². The van der Waals surface area contributed by atoms with Crippen LogP contribution in [0.4, 0.5) is 14.9 Å². The van der Waals surface area contributed by atoms with Gasteiger partial charge in [-0.25, -0.2) is 9.18 Å². The standard InChI is InChI=1S/C15H21FN2O3/c1-15(2,3)8-10(13(19)20)9-17-14(21)18-12-6-4-5-11(16)7-12/h4-7,10H,8-9H2,1-3H3,(H,19,20)(H2,17,18,21). The van der Waals surface area contributed by atoms with Crippen LogP contribution in [0.3, 0.4) is 0 Å². The molecule has 0 aliphatic heterocycles. The van der Waals surface area contributed by atoms with Crippen LogP contribution in [0.2, 0.25) is 0 Å². The van der Waals surface area contributed by atoms with Gasteiger partial charge >= 0.3 is 12.0 Å². The van der Waals surface area contributed by atoms with Crippen molar-refractivity contribution in [3.63, 3.8) is 0 Å². The number of hydrogen-bond donors (Lipinski definition) is 3. The topological polar surface area (TPSA) is 78.4 Å². The number of nitrogens with one attached hydrogen (secondary N) is 2. The molecule has 116 valence electrons. The van der Waals surface area contributed by atoms with E-state index in [1.165, 1.54) is 18.2 Å². The second-order valence-corrected chi connectivity index (χ2v) is 6.15. The van der Waals surface area contributed by atoms with Crippen LogP contribution >= 0.6 is 0 Å². The third-order valence-corrected chi connectivity index (χ3v) is 2.80. The normalized spacial score (nSPS) is 12.6. The molecule has 0 spiro atoms. The number of urea groups is 1. The molecule has 1 rings (SSSR count). The third kappa shape index (κ3) is 6.74. The maximum absolute atomic E-state index is 13.0. The van der Waals surface area contributed by atoms with E-state index in [1.54, 1.807) is 6.07 Å². The van der Waals surface area contributed by atoms with Crippen molar-refractivity contribution in [2.24, 2.45) is 11.3 Å². The van der Waals surface area contributed by atoms with Crippen molar-refractivity contribution in [1.29, 1.82) is 0 Å². The fraction of sp³-hybridized carbons (Fsp3) is 0.467. The van der Waals surface area contributed by atoms with Crippen LogP contribution in [0.15, 0.2) is 24.3 Å². The Hall–Kier alpha value is -2.11. The highest BCUT2D eigenvalue weighted by Crippen LogP contribution is 2.24. The van der Waals surface area contributed by atoms with Gasteiger partial charge < -0.3 is 15.7 Å². The van der Waals surface area contributed by atoms with E-state index in [4.69, 9.17) is 5.11 Å². The summed E-state index contributed by atoms with van der Waals surface area (Å²) < 4.78 is 13.0. The van der Waals surface area contributed by atoms with Crippen LogP contribution in [-0.4, -0.2) is 23.7 Å². The fourth-order valence-corrected chi connectivity index (χ4v) is 1.94. The summed E-state index contributed by atoms with van der Waals surface area (Å²) in [6.45, 7) is 5.84. The molecule has 0 aliphatic carbocycles. The number of carboxylic acid groups (broad SMARTS) is 1. The Kier molecular flexibility index (Phi) is 5.69. The molecule has 3 N–H and O–H groups in total. The Morgan fingerprint density at radius 3 is 2.52 bits per heavy atom. The van der Waals surface area contributed by atoms with Crippen molar-refractivity contribution in [3.05, 3.63) is 30.1 Å². The molecular weight excluding hydrogens is 275 g/mol. The first kappa shape index (κ1) is 16.9. The molecular formula is C15H21FN2O3. The molecule has 0 aliphatic rings. The first-order valence-corrected chi connectivity index (χ1v) is 6.70. The fourth-order valence-electron chi connectivity index (χ4n) is 1.94. The SMILES string of the molecule is CC(C)(C)CC(CNC(=O)Nc1cccc(F)c1)C(=O)O. The molecule has 0 saturated carbocycles. The molecule has 2 amide bonds. The lowest BCUT2D eigenvalue weighted by atomic mass is 9.84. The molecule has 0 aromatic heterocycles. The van der Waals surface area contributed by atoms with Gasteiger partial charge in [0.15, 0.2) is 0 Å². The van der Waals surface area contributed by atoms with E-state index in [2.05, 4.69) is 10.6 Å². The number of carboxylic acids is 1. The number of aliphatic carboxylic acids is 1. The molecule has 0 heterocycles. The Balaban J connectivity index is 2.52. The summed E-state index contributed by atoms with van der Waals surface area (Å²) in [4.78, 5) is 22.9. The van der Waals surface area contributed by atoms with Gasteiger partial charge in [0.05, 0.1) is 5.92 Å². The van der Waals surface area contributed by atoms with E-state index in [0.29, 0.717) is 12.1 Å². The summed E-state index contributed by atoms with van der Waals surface area (Å²) in [5.74, 6) is -2.07. The second-order valence-electron chi connectivity index (χ2n) is 6.15. The first-order chi connectivity index (χ1) is 9.67. The maximum atomic E-state index is 13.0. The molecule has 1 unspecified atom stereocenters. The van der Waals surface area contributed by atoms with Gasteiger partial charge in [0.1, 0.15) is 5.82 Å². The predicted octanol–water partition coefficient (Wildman–Crippen LogP) is 3.08. The minimum absolute atomic E-state index is 0.0216. The number of rotatable bonds is 5. The molecule has 1 aromatic carbocycles. The zero-order valence-electron chi connectivity index (χ0n) is 12.4. The number of halogens is 1. The summed E-state index contributed by atoms with van der Waals surface area (Å²) >= 11 is 0. The van der Waals surface area contributed by atoms with E-state index in [-0.39, 0.29) is 12.0 Å². The van der Waals surface area contributed by atoms with E-state index >= 15 is 0 Å². The molecule has 5 nitrogen and oxygen atoms in total. The maximum Gasteiger partial charge on any atom is 0.319 e. The highest BCUT2D eigenvalue weighted by atomic mass is 19.1. The second kappa shape index (κ2) is 7.06. The number of anilines is 1. The van der Waals surface area contributed by atoms with Crippen LogP contribution < -0.4 is 10.6 Å². The number of carbonyl (C=O) groups is 2. The molecule has 0 saturated heterocycles. The van der Waals surface area contributed by atoms with Crippen molar-refractivity contribution in [3.8, 4) is 0 Å². The highest BCUT2D eigenvalue weighted by Gasteiger charge is 2.24. The van der Waals surface area contributed by atoms with Gasteiger partial charge in [-0.1, -0.05) is 26.8 Å². The number of carbonyl (C=O) groups excluding carboxylic acids is 1. The molecule has 0 radical (unpaired) electrons. The van der Waals surface area contributed by atoms with E-state index in [9.17, 15) is 14.0 Å². The van der Waals surface area contributed by atoms with Gasteiger partial charge in [0.2, 0.25) is 0 Å². The lowest BCUT2D eigenvalue weighted by molar-refractivity contribution is -0.142. The molecule has 0 bridgehead atoms. The number of amides is 2. The quantitative estimate of drug-likeness (QED) is 0.781. The van der Waals surface area contributed by atoms with E-state index in [1.807, 2.05) is 20.8 Å². The van der Waals surface area contributed by atoms with Crippen LogP contribution in [-0.2, 0) is 4.79 Å². The Labute approximate surface area is 123 Å². The number of benzene rings is 1. The summed E-state index contributed by atoms with van der Waals surface area (Å²) in [7, 11) is 0. The molecule has 0 fully saturated rings. The van der Waals surface area contributed by atoms with E-state index < -0.39 is 23.7 Å². The van der Waals surface area contributed by atoms with Crippen LogP contribution in [0.5, 0.6) is 0 Å². The lowest BCUT2D eigenvalue weighted by Crippen LogP contribution is -2.37. The van der Waals surface area contributed by atoms with Crippen molar-refractivity contribution in [1.82, 2.24) is 5.32 Å². The van der Waals surface area contributed by atoms with E-state index in [0.717, 1.165) is 0 Å². The van der Waals surface area contributed by atoms with Crippen LogP contribution in [0.25, 0.3) is 0 Å². The minimum Gasteiger partial charge on any atom is -0.481 e. The Bertz CT molecular complexity index is 512. The summed E-state index contributed by atoms with van der Waals surface area (Å²) in [5, 5.41) is 14.1. The van der Waals surface area contributed by atoms with Gasteiger partial charge in [0.25, 0.3) is 0 Å². The molecule has 6 heteroatoms. The van der Waals surface area contributed by atoms with Crippen molar-refractivity contribution >= 4 is 17.7 Å². The monoisotopic (exact) mass is 296 g/mol. The summed E-state index contributed by atoms with van der Waals surface area (Å²) in [6.07, 6.45) is 0.447. The zero-order chi connectivity index (χ0) is 16.0. The minimum atomic E-state index is -0.948. The molecule has 21 heavy (non-hydrogen) atoms. The van der Waals surface area contributed by atoms with Crippen LogP contribution in [0.1, 0.15) is 27.2 Å². The first-order valence-electron chi connectivity index (χ1n) is 6.70. The Morgan fingerprint density at radius 2 is 2.00 bits per heavy atom. The predicted molar refractivity (Wildman–Crippen MR) is 78.6 cm³/mol. The molecule has 1 atom stereocenters. The average molecular weight is 296 g/mol. The third-order valence-electron chi connectivity index (χ3n) is 2.80. The van der Waals surface area contributed by atoms with Gasteiger partial charge in [-0.2, -0.15) is 0 Å². The average Bonchev–Trinajstić information content (AvgIpc) is 2.32. The largest absolute Gasteiger partial charge is 0.481 e. The zero-order valence-corrected chi connectivity index (χ0v) is 12.4. The lowest BCUT2D eigenvalue weighted by Gasteiger charge is -2.23. The van der Waals surface area contributed by atoms with Crippen LogP contribution in [0, 0.1) is 17.2 Å². The highest BCUT2D eigenvalue weighted by molar-refractivity contribution is 5.89. The summed E-state index contributed by atoms with van der Waals surface area (Å²) in [6, 6.07) is 4.92. The van der Waals surface area contributed by atoms with Gasteiger partial charge in [0, 0.05) is 12.2 Å². The number of hydrogen-bond acceptors (Lipinski definition) is 2. The van der Waals surface area contributed by atoms with Gasteiger partial charge in [-0.3, -0.25) is 4.79 Å². The van der Waals surface area contributed by atoms with Gasteiger partial charge in [-0.15, -0.1) is 0 Å². The smallest absolute Gasteiger partial charge is 0.319 e. The van der Waals surface area contributed by atoms with Crippen molar-refractivity contribution in [2.45, 2.75) is 27.2 Å². The Morgan fingerprint density at radius 1 is 1.33 bits per heavy atom.